The Balaban J connectivity index is 1.83. The van der Waals surface area contributed by atoms with Crippen molar-refractivity contribution in [3.63, 3.8) is 0 Å². The van der Waals surface area contributed by atoms with E-state index in [-0.39, 0.29) is 17.4 Å². The van der Waals surface area contributed by atoms with Crippen molar-refractivity contribution >= 4 is 17.4 Å². The number of Topliss-reactive ketones (excluding diaryl/α,β-unsaturated/α-hetero) is 1. The second-order valence-electron chi connectivity index (χ2n) is 7.97. The summed E-state index contributed by atoms with van der Waals surface area (Å²) in [5.41, 5.74) is 5.12. The molecule has 1 atom stereocenters. The number of ether oxygens (including phenoxy) is 1. The summed E-state index contributed by atoms with van der Waals surface area (Å²) < 4.78 is 5.29. The number of hydrogen-bond acceptors (Lipinski definition) is 5. The lowest BCUT2D eigenvalue weighted by Gasteiger charge is -2.34. The minimum atomic E-state index is -0.539. The number of phenols is 1. The minimum absolute atomic E-state index is 0.0102. The van der Waals surface area contributed by atoms with Gasteiger partial charge in [0.25, 0.3) is 5.91 Å². The molecule has 2 aromatic rings. The average molecular weight is 418 g/mol. The van der Waals surface area contributed by atoms with Gasteiger partial charge in [0.1, 0.15) is 0 Å². The quantitative estimate of drug-likeness (QED) is 0.688. The van der Waals surface area contributed by atoms with Gasteiger partial charge in [0.15, 0.2) is 17.3 Å². The molecule has 1 aliphatic carbocycles. The fourth-order valence-corrected chi connectivity index (χ4v) is 4.39. The van der Waals surface area contributed by atoms with E-state index in [0.29, 0.717) is 23.3 Å². The number of phenolic OH excluding ortho intramolecular Hbond substituents is 1. The van der Waals surface area contributed by atoms with Crippen LogP contribution in [0.2, 0.25) is 0 Å². The highest BCUT2D eigenvalue weighted by atomic mass is 16.5. The normalized spacial score (nSPS) is 18.4. The Morgan fingerprint density at radius 2 is 1.94 bits per heavy atom. The summed E-state index contributed by atoms with van der Waals surface area (Å²) in [7, 11) is 1.48. The summed E-state index contributed by atoms with van der Waals surface area (Å²) >= 11 is 0. The van der Waals surface area contributed by atoms with Crippen LogP contribution in [0.4, 0.5) is 5.69 Å². The zero-order chi connectivity index (χ0) is 22.1. The molecular formula is C25H26N2O4. The van der Waals surface area contributed by atoms with Gasteiger partial charge in [-0.3, -0.25) is 9.59 Å². The highest BCUT2D eigenvalue weighted by Gasteiger charge is 2.38. The Kier molecular flexibility index (Phi) is 5.55. The van der Waals surface area contributed by atoms with Gasteiger partial charge < -0.3 is 20.5 Å². The van der Waals surface area contributed by atoms with Crippen molar-refractivity contribution in [3.05, 3.63) is 76.1 Å². The first-order valence-electron chi connectivity index (χ1n) is 10.4. The average Bonchev–Trinajstić information content (AvgIpc) is 2.75. The second kappa shape index (κ2) is 8.30. The van der Waals surface area contributed by atoms with E-state index >= 15 is 0 Å². The fraction of sp³-hybridized carbons (Fsp3) is 0.280. The number of nitrogens with one attached hydrogen (secondary N) is 2. The van der Waals surface area contributed by atoms with Crippen LogP contribution in [0, 0.1) is 6.92 Å². The topological polar surface area (TPSA) is 87.7 Å². The number of rotatable bonds is 4. The summed E-state index contributed by atoms with van der Waals surface area (Å²) in [6, 6.07) is 12.6. The lowest BCUT2D eigenvalue weighted by Crippen LogP contribution is -2.35. The lowest BCUT2D eigenvalue weighted by atomic mass is 9.75. The van der Waals surface area contributed by atoms with Crippen LogP contribution in [-0.2, 0) is 9.59 Å². The number of dihydropyridines is 1. The molecule has 0 saturated heterocycles. The first-order valence-corrected chi connectivity index (χ1v) is 10.4. The van der Waals surface area contributed by atoms with E-state index in [4.69, 9.17) is 4.74 Å². The standard InChI is InChI=1S/C25H26N2O4/c1-14-7-4-5-8-17(14)27-25(30)22-15(2)26-18-9-6-10-20(29)24(18)23(22)16-11-12-19(28)21(13-16)31-3/h4-5,7-8,11-13,23,26,28H,6,9-10H2,1-3H3,(H,27,30). The van der Waals surface area contributed by atoms with Gasteiger partial charge in [0.2, 0.25) is 0 Å². The molecule has 31 heavy (non-hydrogen) atoms. The van der Waals surface area contributed by atoms with Crippen LogP contribution in [0.5, 0.6) is 11.5 Å². The van der Waals surface area contributed by atoms with E-state index < -0.39 is 5.92 Å². The van der Waals surface area contributed by atoms with Crippen LogP contribution in [0.25, 0.3) is 0 Å². The van der Waals surface area contributed by atoms with Crippen LogP contribution in [0.3, 0.4) is 0 Å². The number of carbonyl (C=O) groups is 2. The molecule has 2 aromatic carbocycles. The number of allylic oxidation sites excluding steroid dienone is 3. The van der Waals surface area contributed by atoms with E-state index in [9.17, 15) is 14.7 Å². The van der Waals surface area contributed by atoms with Gasteiger partial charge >= 0.3 is 0 Å². The Labute approximate surface area is 181 Å². The van der Waals surface area contributed by atoms with E-state index in [0.717, 1.165) is 41.1 Å². The van der Waals surface area contributed by atoms with E-state index in [1.54, 1.807) is 12.1 Å². The smallest absolute Gasteiger partial charge is 0.254 e. The zero-order valence-corrected chi connectivity index (χ0v) is 17.9. The van der Waals surface area contributed by atoms with E-state index in [1.807, 2.05) is 38.1 Å². The van der Waals surface area contributed by atoms with Crippen molar-refractivity contribution in [3.8, 4) is 11.5 Å². The summed E-state index contributed by atoms with van der Waals surface area (Å²) in [6.07, 6.45) is 2.00. The van der Waals surface area contributed by atoms with Crippen molar-refractivity contribution in [1.82, 2.24) is 5.32 Å². The maximum atomic E-state index is 13.5. The van der Waals surface area contributed by atoms with Crippen molar-refractivity contribution in [2.75, 3.05) is 12.4 Å². The number of aryl methyl sites for hydroxylation is 1. The Morgan fingerprint density at radius 3 is 2.68 bits per heavy atom. The van der Waals surface area contributed by atoms with Gasteiger partial charge in [-0.25, -0.2) is 0 Å². The monoisotopic (exact) mass is 418 g/mol. The summed E-state index contributed by atoms with van der Waals surface area (Å²) in [4.78, 5) is 26.5. The third kappa shape index (κ3) is 3.81. The number of ketones is 1. The highest BCUT2D eigenvalue weighted by molar-refractivity contribution is 6.10. The van der Waals surface area contributed by atoms with Crippen LogP contribution in [-0.4, -0.2) is 23.9 Å². The minimum Gasteiger partial charge on any atom is -0.504 e. The number of amides is 1. The molecule has 160 valence electrons. The van der Waals surface area contributed by atoms with Gasteiger partial charge in [-0.05, 0) is 56.0 Å². The van der Waals surface area contributed by atoms with Crippen LogP contribution >= 0.6 is 0 Å². The predicted molar refractivity (Wildman–Crippen MR) is 119 cm³/mol. The van der Waals surface area contributed by atoms with Crippen molar-refractivity contribution in [2.24, 2.45) is 0 Å². The first-order chi connectivity index (χ1) is 14.9. The van der Waals surface area contributed by atoms with Gasteiger partial charge in [-0.1, -0.05) is 24.3 Å². The third-order valence-corrected chi connectivity index (χ3v) is 5.95. The third-order valence-electron chi connectivity index (χ3n) is 5.95. The van der Waals surface area contributed by atoms with Gasteiger partial charge in [-0.15, -0.1) is 0 Å². The lowest BCUT2D eigenvalue weighted by molar-refractivity contribution is -0.116. The molecule has 1 heterocycles. The largest absolute Gasteiger partial charge is 0.504 e. The molecule has 0 saturated carbocycles. The molecule has 3 N–H and O–H groups in total. The molecular weight excluding hydrogens is 392 g/mol. The summed E-state index contributed by atoms with van der Waals surface area (Å²) in [6.45, 7) is 3.80. The van der Waals surface area contributed by atoms with Gasteiger partial charge in [-0.2, -0.15) is 0 Å². The first kappa shape index (κ1) is 20.7. The Bertz CT molecular complexity index is 1130. The number of anilines is 1. The van der Waals surface area contributed by atoms with E-state index in [2.05, 4.69) is 10.6 Å². The SMILES string of the molecule is COc1cc(C2C(C(=O)Nc3ccccc3C)=C(C)NC3=C2C(=O)CCC3)ccc1O. The van der Waals surface area contributed by atoms with Gasteiger partial charge in [0.05, 0.1) is 7.11 Å². The van der Waals surface area contributed by atoms with Crippen LogP contribution in [0.15, 0.2) is 65.0 Å². The number of hydrogen-bond donors (Lipinski definition) is 3. The molecule has 0 aromatic heterocycles. The Morgan fingerprint density at radius 1 is 1.16 bits per heavy atom. The molecule has 0 fully saturated rings. The molecule has 6 nitrogen and oxygen atoms in total. The summed E-state index contributed by atoms with van der Waals surface area (Å²) in [5, 5.41) is 16.4. The fourth-order valence-electron chi connectivity index (χ4n) is 4.39. The molecule has 0 spiro atoms. The maximum Gasteiger partial charge on any atom is 0.254 e. The van der Waals surface area contributed by atoms with Crippen molar-refractivity contribution in [1.29, 1.82) is 0 Å². The molecule has 0 bridgehead atoms. The van der Waals surface area contributed by atoms with Gasteiger partial charge in [0, 0.05) is 40.6 Å². The van der Waals surface area contributed by atoms with E-state index in [1.165, 1.54) is 13.2 Å². The molecule has 6 heteroatoms. The number of methoxy groups -OCH3 is 1. The number of benzene rings is 2. The van der Waals surface area contributed by atoms with Crippen LogP contribution in [0.1, 0.15) is 43.2 Å². The second-order valence-corrected chi connectivity index (χ2v) is 7.97. The van der Waals surface area contributed by atoms with Crippen LogP contribution < -0.4 is 15.4 Å². The number of aromatic hydroxyl groups is 1. The maximum absolute atomic E-state index is 13.5. The molecule has 1 amide bonds. The number of carbonyl (C=O) groups excluding carboxylic acids is 2. The molecule has 0 radical (unpaired) electrons. The molecule has 4 rings (SSSR count). The highest BCUT2D eigenvalue weighted by Crippen LogP contribution is 2.44. The predicted octanol–water partition coefficient (Wildman–Crippen LogP) is 4.32. The Hall–Kier alpha value is -3.54. The molecule has 1 unspecified atom stereocenters. The number of para-hydroxylation sites is 1. The zero-order valence-electron chi connectivity index (χ0n) is 17.9. The van der Waals surface area contributed by atoms with Crippen molar-refractivity contribution in [2.45, 2.75) is 39.0 Å². The van der Waals surface area contributed by atoms with Crippen molar-refractivity contribution < 1.29 is 19.4 Å². The molecule has 2 aliphatic rings. The summed E-state index contributed by atoms with van der Waals surface area (Å²) in [5.74, 6) is -0.447. The molecule has 1 aliphatic heterocycles.